The predicted molar refractivity (Wildman–Crippen MR) is 66.6 cm³/mol. The zero-order valence-corrected chi connectivity index (χ0v) is 10.5. The molecule has 1 saturated carbocycles. The highest BCUT2D eigenvalue weighted by atomic mass is 79.9. The van der Waals surface area contributed by atoms with Crippen molar-refractivity contribution in [3.8, 4) is 5.75 Å². The summed E-state index contributed by atoms with van der Waals surface area (Å²) in [5, 5.41) is 3.17. The van der Waals surface area contributed by atoms with Crippen LogP contribution in [0, 0.1) is 0 Å². The average Bonchev–Trinajstić information content (AvgIpc) is 2.71. The van der Waals surface area contributed by atoms with Crippen LogP contribution in [0.2, 0.25) is 0 Å². The van der Waals surface area contributed by atoms with Crippen LogP contribution in [0.25, 0.3) is 0 Å². The van der Waals surface area contributed by atoms with E-state index in [9.17, 15) is 0 Å². The second-order valence-corrected chi connectivity index (χ2v) is 4.74. The Morgan fingerprint density at radius 3 is 2.73 bits per heavy atom. The lowest BCUT2D eigenvalue weighted by molar-refractivity contribution is 0.211. The van der Waals surface area contributed by atoms with E-state index in [0.29, 0.717) is 6.10 Å². The van der Waals surface area contributed by atoms with Gasteiger partial charge in [-0.15, -0.1) is 0 Å². The van der Waals surface area contributed by atoms with Gasteiger partial charge in [-0.25, -0.2) is 0 Å². The van der Waals surface area contributed by atoms with E-state index in [1.54, 1.807) is 0 Å². The highest BCUT2D eigenvalue weighted by Crippen LogP contribution is 2.34. The first kappa shape index (κ1) is 10.8. The van der Waals surface area contributed by atoms with E-state index < -0.39 is 0 Å². The minimum atomic E-state index is 0.409. The molecule has 0 bridgehead atoms. The first-order valence-electron chi connectivity index (χ1n) is 5.44. The monoisotopic (exact) mass is 269 g/mol. The number of nitrogens with one attached hydrogen (secondary N) is 1. The lowest BCUT2D eigenvalue weighted by Gasteiger charge is -2.17. The zero-order valence-electron chi connectivity index (χ0n) is 8.92. The van der Waals surface area contributed by atoms with Crippen molar-refractivity contribution in [1.29, 1.82) is 0 Å². The number of rotatable bonds is 3. The van der Waals surface area contributed by atoms with Crippen LogP contribution in [-0.4, -0.2) is 13.2 Å². The van der Waals surface area contributed by atoms with Gasteiger partial charge in [-0.1, -0.05) is 6.07 Å². The Kier molecular flexibility index (Phi) is 3.52. The molecule has 0 heterocycles. The topological polar surface area (TPSA) is 21.3 Å². The lowest BCUT2D eigenvalue weighted by Crippen LogP contribution is -2.12. The van der Waals surface area contributed by atoms with Gasteiger partial charge in [-0.3, -0.25) is 0 Å². The minimum Gasteiger partial charge on any atom is -0.488 e. The molecular formula is C12H16BrNO. The normalized spacial score (nSPS) is 16.7. The van der Waals surface area contributed by atoms with Crippen molar-refractivity contribution < 1.29 is 4.74 Å². The van der Waals surface area contributed by atoms with E-state index in [1.807, 2.05) is 25.2 Å². The molecule has 0 atom stereocenters. The number of anilines is 1. The molecule has 1 aliphatic carbocycles. The second kappa shape index (κ2) is 4.88. The molecule has 0 amide bonds. The van der Waals surface area contributed by atoms with Gasteiger partial charge >= 0.3 is 0 Å². The Labute approximate surface area is 99.1 Å². The smallest absolute Gasteiger partial charge is 0.143 e. The summed E-state index contributed by atoms with van der Waals surface area (Å²) in [7, 11) is 1.92. The van der Waals surface area contributed by atoms with Gasteiger partial charge in [0.05, 0.1) is 11.8 Å². The molecule has 0 saturated heterocycles. The fraction of sp³-hybridized carbons (Fsp3) is 0.500. The van der Waals surface area contributed by atoms with Crippen molar-refractivity contribution >= 4 is 21.6 Å². The fourth-order valence-corrected chi connectivity index (χ4v) is 2.58. The van der Waals surface area contributed by atoms with Crippen molar-refractivity contribution in [1.82, 2.24) is 0 Å². The minimum absolute atomic E-state index is 0.409. The molecular weight excluding hydrogens is 254 g/mol. The van der Waals surface area contributed by atoms with Crippen LogP contribution in [0.15, 0.2) is 22.7 Å². The SMILES string of the molecule is CNc1c(Br)cccc1OC1CCCC1. The van der Waals surface area contributed by atoms with Gasteiger partial charge in [-0.05, 0) is 53.7 Å². The molecule has 1 aliphatic rings. The van der Waals surface area contributed by atoms with E-state index in [2.05, 4.69) is 21.2 Å². The van der Waals surface area contributed by atoms with E-state index in [0.717, 1.165) is 15.9 Å². The van der Waals surface area contributed by atoms with Gasteiger partial charge in [-0.2, -0.15) is 0 Å². The van der Waals surface area contributed by atoms with Gasteiger partial charge in [0, 0.05) is 11.5 Å². The third-order valence-electron chi connectivity index (χ3n) is 2.82. The van der Waals surface area contributed by atoms with E-state index in [-0.39, 0.29) is 0 Å². The van der Waals surface area contributed by atoms with E-state index >= 15 is 0 Å². The van der Waals surface area contributed by atoms with Gasteiger partial charge in [0.1, 0.15) is 5.75 Å². The molecule has 1 aromatic rings. The molecule has 1 fully saturated rings. The molecule has 0 spiro atoms. The Morgan fingerprint density at radius 1 is 1.33 bits per heavy atom. The maximum Gasteiger partial charge on any atom is 0.143 e. The summed E-state index contributed by atoms with van der Waals surface area (Å²) in [6.07, 6.45) is 5.39. The summed E-state index contributed by atoms with van der Waals surface area (Å²) in [5.41, 5.74) is 1.05. The third-order valence-corrected chi connectivity index (χ3v) is 3.48. The van der Waals surface area contributed by atoms with Crippen molar-refractivity contribution in [3.63, 3.8) is 0 Å². The molecule has 2 rings (SSSR count). The van der Waals surface area contributed by atoms with Crippen molar-refractivity contribution in [3.05, 3.63) is 22.7 Å². The predicted octanol–water partition coefficient (Wildman–Crippen LogP) is 3.81. The number of hydrogen-bond acceptors (Lipinski definition) is 2. The second-order valence-electron chi connectivity index (χ2n) is 3.89. The maximum atomic E-state index is 5.99. The highest BCUT2D eigenvalue weighted by Gasteiger charge is 2.18. The summed E-state index contributed by atoms with van der Waals surface area (Å²) >= 11 is 3.51. The van der Waals surface area contributed by atoms with Crippen LogP contribution in [0.4, 0.5) is 5.69 Å². The molecule has 2 nitrogen and oxygen atoms in total. The summed E-state index contributed by atoms with van der Waals surface area (Å²) in [5.74, 6) is 0.957. The number of ether oxygens (including phenoxy) is 1. The number of para-hydroxylation sites is 1. The number of benzene rings is 1. The Bertz CT molecular complexity index is 334. The van der Waals surface area contributed by atoms with Crippen LogP contribution >= 0.6 is 15.9 Å². The fourth-order valence-electron chi connectivity index (χ4n) is 2.03. The third kappa shape index (κ3) is 2.46. The van der Waals surface area contributed by atoms with Gasteiger partial charge in [0.2, 0.25) is 0 Å². The highest BCUT2D eigenvalue weighted by molar-refractivity contribution is 9.10. The molecule has 3 heteroatoms. The van der Waals surface area contributed by atoms with Crippen LogP contribution in [0.1, 0.15) is 25.7 Å². The van der Waals surface area contributed by atoms with Crippen LogP contribution in [-0.2, 0) is 0 Å². The summed E-state index contributed by atoms with van der Waals surface area (Å²) < 4.78 is 7.04. The molecule has 15 heavy (non-hydrogen) atoms. The van der Waals surface area contributed by atoms with Crippen molar-refractivity contribution in [2.75, 3.05) is 12.4 Å². The van der Waals surface area contributed by atoms with Gasteiger partial charge < -0.3 is 10.1 Å². The first-order chi connectivity index (χ1) is 7.31. The maximum absolute atomic E-state index is 5.99. The zero-order chi connectivity index (χ0) is 10.7. The first-order valence-corrected chi connectivity index (χ1v) is 6.23. The Morgan fingerprint density at radius 2 is 2.07 bits per heavy atom. The van der Waals surface area contributed by atoms with E-state index in [4.69, 9.17) is 4.74 Å². The van der Waals surface area contributed by atoms with Crippen LogP contribution < -0.4 is 10.1 Å². The van der Waals surface area contributed by atoms with Gasteiger partial charge in [0.15, 0.2) is 0 Å². The van der Waals surface area contributed by atoms with Crippen molar-refractivity contribution in [2.24, 2.45) is 0 Å². The molecule has 0 aromatic heterocycles. The summed E-state index contributed by atoms with van der Waals surface area (Å²) in [4.78, 5) is 0. The van der Waals surface area contributed by atoms with E-state index in [1.165, 1.54) is 25.7 Å². The molecule has 1 aromatic carbocycles. The summed E-state index contributed by atoms with van der Waals surface area (Å²) in [6.45, 7) is 0. The molecule has 0 radical (unpaired) electrons. The number of hydrogen-bond donors (Lipinski definition) is 1. The number of halogens is 1. The summed E-state index contributed by atoms with van der Waals surface area (Å²) in [6, 6.07) is 6.05. The Hall–Kier alpha value is -0.700. The van der Waals surface area contributed by atoms with Crippen LogP contribution in [0.5, 0.6) is 5.75 Å². The van der Waals surface area contributed by atoms with Gasteiger partial charge in [0.25, 0.3) is 0 Å². The van der Waals surface area contributed by atoms with Crippen molar-refractivity contribution in [2.45, 2.75) is 31.8 Å². The largest absolute Gasteiger partial charge is 0.488 e. The molecule has 82 valence electrons. The molecule has 0 unspecified atom stereocenters. The quantitative estimate of drug-likeness (QED) is 0.901. The average molecular weight is 270 g/mol. The molecule has 0 aliphatic heterocycles. The standard InChI is InChI=1S/C12H16BrNO/c1-14-12-10(13)7-4-8-11(12)15-9-5-2-3-6-9/h4,7-9,14H,2-3,5-6H2,1H3. The lowest BCUT2D eigenvalue weighted by atomic mass is 10.2. The molecule has 1 N–H and O–H groups in total. The van der Waals surface area contributed by atoms with Crippen LogP contribution in [0.3, 0.4) is 0 Å². The Balaban J connectivity index is 2.15.